The van der Waals surface area contributed by atoms with Gasteiger partial charge < -0.3 is 5.73 Å². The molecule has 1 saturated carbocycles. The van der Waals surface area contributed by atoms with Crippen molar-refractivity contribution in [2.75, 3.05) is 13.1 Å². The fourth-order valence-electron chi connectivity index (χ4n) is 2.89. The first-order valence-electron chi connectivity index (χ1n) is 6.58. The summed E-state index contributed by atoms with van der Waals surface area (Å²) in [6, 6.07) is 2.91. The van der Waals surface area contributed by atoms with E-state index in [0.29, 0.717) is 12.6 Å². The Morgan fingerprint density at radius 2 is 2.24 bits per heavy atom. The number of aromatic nitrogens is 2. The van der Waals surface area contributed by atoms with E-state index >= 15 is 0 Å². The highest BCUT2D eigenvalue weighted by atomic mass is 15.2. The molecule has 1 fully saturated rings. The molecule has 2 N–H and O–H groups in total. The molecule has 0 amide bonds. The zero-order valence-corrected chi connectivity index (χ0v) is 10.5. The Morgan fingerprint density at radius 3 is 2.76 bits per heavy atom. The maximum absolute atomic E-state index is 5.95. The molecule has 0 bridgehead atoms. The van der Waals surface area contributed by atoms with Crippen LogP contribution in [0, 0.1) is 0 Å². The zero-order chi connectivity index (χ0) is 12.1. The van der Waals surface area contributed by atoms with Gasteiger partial charge in [0.1, 0.15) is 6.33 Å². The third kappa shape index (κ3) is 2.82. The molecule has 17 heavy (non-hydrogen) atoms. The van der Waals surface area contributed by atoms with E-state index in [1.807, 2.05) is 6.07 Å². The monoisotopic (exact) mass is 234 g/mol. The molecule has 1 atom stereocenters. The normalized spacial score (nSPS) is 18.8. The molecule has 0 spiro atoms. The summed E-state index contributed by atoms with van der Waals surface area (Å²) < 4.78 is 0. The van der Waals surface area contributed by atoms with Crippen LogP contribution in [-0.4, -0.2) is 34.0 Å². The van der Waals surface area contributed by atoms with Gasteiger partial charge in [-0.3, -0.25) is 4.90 Å². The smallest absolute Gasteiger partial charge is 0.115 e. The number of likely N-dealkylation sites (N-methyl/N-ethyl adjacent to an activating group) is 1. The van der Waals surface area contributed by atoms with Crippen LogP contribution in [0.1, 0.15) is 44.3 Å². The number of hydrogen-bond acceptors (Lipinski definition) is 4. The summed E-state index contributed by atoms with van der Waals surface area (Å²) in [7, 11) is 0. The Kier molecular flexibility index (Phi) is 4.45. The molecule has 2 rings (SSSR count). The quantitative estimate of drug-likeness (QED) is 0.843. The van der Waals surface area contributed by atoms with E-state index in [0.717, 1.165) is 12.2 Å². The average molecular weight is 234 g/mol. The molecular weight excluding hydrogens is 212 g/mol. The minimum Gasteiger partial charge on any atom is -0.329 e. The predicted octanol–water partition coefficient (Wildman–Crippen LogP) is 1.74. The topological polar surface area (TPSA) is 55.0 Å². The molecule has 1 aliphatic carbocycles. The molecule has 94 valence electrons. The van der Waals surface area contributed by atoms with Gasteiger partial charge in [0.15, 0.2) is 0 Å². The van der Waals surface area contributed by atoms with Crippen LogP contribution in [0.5, 0.6) is 0 Å². The number of rotatable bonds is 5. The van der Waals surface area contributed by atoms with Crippen molar-refractivity contribution in [3.8, 4) is 0 Å². The maximum Gasteiger partial charge on any atom is 0.115 e. The molecule has 1 aliphatic rings. The van der Waals surface area contributed by atoms with E-state index < -0.39 is 0 Å². The third-order valence-corrected chi connectivity index (χ3v) is 3.73. The van der Waals surface area contributed by atoms with Crippen LogP contribution in [0.3, 0.4) is 0 Å². The molecule has 0 saturated heterocycles. The Bertz CT molecular complexity index is 321. The van der Waals surface area contributed by atoms with Crippen LogP contribution >= 0.6 is 0 Å². The maximum atomic E-state index is 5.95. The number of nitrogens with two attached hydrogens (primary N) is 1. The summed E-state index contributed by atoms with van der Waals surface area (Å²) in [6.07, 6.45) is 8.71. The second kappa shape index (κ2) is 6.07. The average Bonchev–Trinajstić information content (AvgIpc) is 2.90. The van der Waals surface area contributed by atoms with Gasteiger partial charge in [0.2, 0.25) is 0 Å². The lowest BCUT2D eigenvalue weighted by Crippen LogP contribution is -2.40. The van der Waals surface area contributed by atoms with Crippen LogP contribution in [0.2, 0.25) is 0 Å². The summed E-state index contributed by atoms with van der Waals surface area (Å²) in [5.41, 5.74) is 7.00. The second-order valence-corrected chi connectivity index (χ2v) is 4.65. The number of nitrogens with zero attached hydrogens (tertiary/aromatic N) is 3. The second-order valence-electron chi connectivity index (χ2n) is 4.65. The SMILES string of the molecule is CCN(C1CCCC1)C(CN)c1ccncn1. The van der Waals surface area contributed by atoms with Crippen LogP contribution in [0.15, 0.2) is 18.6 Å². The summed E-state index contributed by atoms with van der Waals surface area (Å²) in [5, 5.41) is 0. The molecule has 1 heterocycles. The van der Waals surface area contributed by atoms with Crippen molar-refractivity contribution < 1.29 is 0 Å². The summed E-state index contributed by atoms with van der Waals surface area (Å²) in [4.78, 5) is 10.8. The lowest BCUT2D eigenvalue weighted by atomic mass is 10.1. The first-order valence-corrected chi connectivity index (χ1v) is 6.58. The van der Waals surface area contributed by atoms with Crippen molar-refractivity contribution in [1.29, 1.82) is 0 Å². The molecule has 1 aromatic heterocycles. The predicted molar refractivity (Wildman–Crippen MR) is 68.5 cm³/mol. The van der Waals surface area contributed by atoms with Gasteiger partial charge in [-0.25, -0.2) is 9.97 Å². The largest absolute Gasteiger partial charge is 0.329 e. The summed E-state index contributed by atoms with van der Waals surface area (Å²) >= 11 is 0. The van der Waals surface area contributed by atoms with E-state index in [2.05, 4.69) is 21.8 Å². The third-order valence-electron chi connectivity index (χ3n) is 3.73. The van der Waals surface area contributed by atoms with Crippen molar-refractivity contribution in [2.24, 2.45) is 5.73 Å². The molecule has 4 nitrogen and oxygen atoms in total. The highest BCUT2D eigenvalue weighted by molar-refractivity contribution is 5.06. The standard InChI is InChI=1S/C13H22N4/c1-2-17(11-5-3-4-6-11)13(9-14)12-7-8-15-10-16-12/h7-8,10-11,13H,2-6,9,14H2,1H3. The van der Waals surface area contributed by atoms with Crippen molar-refractivity contribution >= 4 is 0 Å². The van der Waals surface area contributed by atoms with Crippen LogP contribution < -0.4 is 5.73 Å². The number of hydrogen-bond donors (Lipinski definition) is 1. The molecule has 4 heteroatoms. The van der Waals surface area contributed by atoms with Crippen molar-refractivity contribution in [2.45, 2.75) is 44.7 Å². The van der Waals surface area contributed by atoms with E-state index in [1.54, 1.807) is 12.5 Å². The van der Waals surface area contributed by atoms with Gasteiger partial charge >= 0.3 is 0 Å². The molecular formula is C13H22N4. The van der Waals surface area contributed by atoms with E-state index in [1.165, 1.54) is 25.7 Å². The van der Waals surface area contributed by atoms with Gasteiger partial charge in [0.05, 0.1) is 11.7 Å². The molecule has 0 aliphatic heterocycles. The lowest BCUT2D eigenvalue weighted by molar-refractivity contribution is 0.144. The van der Waals surface area contributed by atoms with Gasteiger partial charge in [0, 0.05) is 18.8 Å². The highest BCUT2D eigenvalue weighted by Gasteiger charge is 2.28. The van der Waals surface area contributed by atoms with Gasteiger partial charge in [-0.1, -0.05) is 19.8 Å². The summed E-state index contributed by atoms with van der Waals surface area (Å²) in [5.74, 6) is 0. The Balaban J connectivity index is 2.15. The Hall–Kier alpha value is -1.00. The first-order chi connectivity index (χ1) is 8.36. The molecule has 1 aromatic rings. The minimum atomic E-state index is 0.242. The molecule has 0 aromatic carbocycles. The fraction of sp³-hybridized carbons (Fsp3) is 0.692. The van der Waals surface area contributed by atoms with Gasteiger partial charge in [-0.2, -0.15) is 0 Å². The van der Waals surface area contributed by atoms with E-state index in [4.69, 9.17) is 5.73 Å². The van der Waals surface area contributed by atoms with Crippen molar-refractivity contribution in [3.63, 3.8) is 0 Å². The van der Waals surface area contributed by atoms with Crippen molar-refractivity contribution in [1.82, 2.24) is 14.9 Å². The lowest BCUT2D eigenvalue weighted by Gasteiger charge is -2.34. The fourth-order valence-corrected chi connectivity index (χ4v) is 2.89. The Morgan fingerprint density at radius 1 is 1.47 bits per heavy atom. The zero-order valence-electron chi connectivity index (χ0n) is 10.5. The van der Waals surface area contributed by atoms with Crippen LogP contribution in [0.25, 0.3) is 0 Å². The molecule has 0 radical (unpaired) electrons. The first kappa shape index (κ1) is 12.5. The Labute approximate surface area is 103 Å². The van der Waals surface area contributed by atoms with Crippen molar-refractivity contribution in [3.05, 3.63) is 24.3 Å². The van der Waals surface area contributed by atoms with Crippen LogP contribution in [-0.2, 0) is 0 Å². The van der Waals surface area contributed by atoms with E-state index in [-0.39, 0.29) is 6.04 Å². The van der Waals surface area contributed by atoms with E-state index in [9.17, 15) is 0 Å². The highest BCUT2D eigenvalue weighted by Crippen LogP contribution is 2.29. The summed E-state index contributed by atoms with van der Waals surface area (Å²) in [6.45, 7) is 3.88. The molecule has 1 unspecified atom stereocenters. The minimum absolute atomic E-state index is 0.242. The van der Waals surface area contributed by atoms with Gasteiger partial charge in [-0.15, -0.1) is 0 Å². The van der Waals surface area contributed by atoms with Crippen LogP contribution in [0.4, 0.5) is 0 Å². The van der Waals surface area contributed by atoms with Gasteiger partial charge in [0.25, 0.3) is 0 Å². The van der Waals surface area contributed by atoms with Gasteiger partial charge in [-0.05, 0) is 25.5 Å².